The average molecular weight is 422 g/mol. The lowest BCUT2D eigenvalue weighted by molar-refractivity contribution is -0.122. The van der Waals surface area contributed by atoms with E-state index in [9.17, 15) is 9.59 Å². The lowest BCUT2D eigenvalue weighted by Crippen LogP contribution is -2.42. The van der Waals surface area contributed by atoms with Crippen LogP contribution in [0.15, 0.2) is 30.5 Å². The van der Waals surface area contributed by atoms with Crippen molar-refractivity contribution in [1.82, 2.24) is 20.6 Å². The van der Waals surface area contributed by atoms with Crippen molar-refractivity contribution in [2.45, 2.75) is 44.7 Å². The molecule has 1 aromatic carbocycles. The third kappa shape index (κ3) is 4.00. The van der Waals surface area contributed by atoms with Gasteiger partial charge in [0.1, 0.15) is 4.83 Å². The van der Waals surface area contributed by atoms with Gasteiger partial charge in [0, 0.05) is 47.1 Å². The van der Waals surface area contributed by atoms with Crippen molar-refractivity contribution in [2.24, 2.45) is 0 Å². The van der Waals surface area contributed by atoms with Crippen LogP contribution in [0.4, 0.5) is 5.95 Å². The number of benzene rings is 1. The van der Waals surface area contributed by atoms with E-state index >= 15 is 0 Å². The fourth-order valence-corrected chi connectivity index (χ4v) is 4.68. The summed E-state index contributed by atoms with van der Waals surface area (Å²) < 4.78 is 0. The van der Waals surface area contributed by atoms with E-state index in [2.05, 4.69) is 38.9 Å². The number of thiophene rings is 1. The number of piperidine rings is 1. The van der Waals surface area contributed by atoms with Gasteiger partial charge in [-0.1, -0.05) is 6.07 Å². The maximum Gasteiger partial charge on any atom is 0.251 e. The number of hydrogen-bond donors (Lipinski definition) is 3. The summed E-state index contributed by atoms with van der Waals surface area (Å²) in [6, 6.07) is 8.41. The van der Waals surface area contributed by atoms with Gasteiger partial charge in [-0.2, -0.15) is 0 Å². The highest BCUT2D eigenvalue weighted by Gasteiger charge is 2.24. The van der Waals surface area contributed by atoms with Crippen LogP contribution in [0, 0.1) is 6.92 Å². The van der Waals surface area contributed by atoms with Gasteiger partial charge < -0.3 is 16.0 Å². The van der Waals surface area contributed by atoms with E-state index in [4.69, 9.17) is 0 Å². The van der Waals surface area contributed by atoms with Crippen molar-refractivity contribution in [2.75, 3.05) is 11.9 Å². The number of nitrogens with one attached hydrogen (secondary N) is 3. The number of carbonyl (C=O) groups is 2. The van der Waals surface area contributed by atoms with Crippen LogP contribution < -0.4 is 16.0 Å². The highest BCUT2D eigenvalue weighted by Crippen LogP contribution is 2.35. The van der Waals surface area contributed by atoms with E-state index in [-0.39, 0.29) is 17.9 Å². The minimum Gasteiger partial charge on any atom is -0.354 e. The first-order chi connectivity index (χ1) is 14.5. The molecular formula is C22H23N5O2S. The molecular weight excluding hydrogens is 398 g/mol. The standard InChI is InChI=1S/C22H23N5O2S/c1-12-2-3-13(20(29)25-15-4-5-15)8-17(12)18-9-14-10-24-22(27-21(14)30-18)26-16-6-7-19(28)23-11-16/h2-3,8-10,15-16H,4-7,11H2,1H3,(H,23,28)(H,25,29)(H,24,26,27)/t16-/m1/s1. The summed E-state index contributed by atoms with van der Waals surface area (Å²) in [6.07, 6.45) is 5.27. The van der Waals surface area contributed by atoms with Crippen LogP contribution in [-0.2, 0) is 4.79 Å². The Morgan fingerprint density at radius 3 is 2.83 bits per heavy atom. The summed E-state index contributed by atoms with van der Waals surface area (Å²) in [5, 5.41) is 10.2. The van der Waals surface area contributed by atoms with E-state index in [1.54, 1.807) is 11.3 Å². The predicted molar refractivity (Wildman–Crippen MR) is 118 cm³/mol. The third-order valence-corrected chi connectivity index (χ3v) is 6.63. The van der Waals surface area contributed by atoms with Crippen LogP contribution in [0.1, 0.15) is 41.6 Å². The molecule has 1 saturated carbocycles. The lowest BCUT2D eigenvalue weighted by atomic mass is 10.0. The fourth-order valence-electron chi connectivity index (χ4n) is 3.60. The molecule has 0 spiro atoms. The Hall–Kier alpha value is -3.00. The van der Waals surface area contributed by atoms with Crippen LogP contribution in [0.25, 0.3) is 20.7 Å². The Kier molecular flexibility index (Phi) is 4.86. The molecule has 1 atom stereocenters. The number of aryl methyl sites for hydroxylation is 1. The average Bonchev–Trinajstić information content (AvgIpc) is 3.45. The Bertz CT molecular complexity index is 1130. The molecule has 2 fully saturated rings. The summed E-state index contributed by atoms with van der Waals surface area (Å²) in [5.74, 6) is 0.660. The van der Waals surface area contributed by atoms with Gasteiger partial charge >= 0.3 is 0 Å². The molecule has 3 N–H and O–H groups in total. The Labute approximate surface area is 178 Å². The molecule has 0 radical (unpaired) electrons. The molecule has 5 rings (SSSR count). The van der Waals surface area contributed by atoms with Gasteiger partial charge in [0.05, 0.1) is 0 Å². The summed E-state index contributed by atoms with van der Waals surface area (Å²) >= 11 is 1.60. The number of aromatic nitrogens is 2. The molecule has 30 heavy (non-hydrogen) atoms. The summed E-state index contributed by atoms with van der Waals surface area (Å²) in [4.78, 5) is 34.9. The highest BCUT2D eigenvalue weighted by atomic mass is 32.1. The van der Waals surface area contributed by atoms with Gasteiger partial charge in [0.15, 0.2) is 0 Å². The number of nitrogens with zero attached hydrogens (tertiary/aromatic N) is 2. The van der Waals surface area contributed by atoms with Gasteiger partial charge in [0.25, 0.3) is 5.91 Å². The summed E-state index contributed by atoms with van der Waals surface area (Å²) in [6.45, 7) is 2.64. The maximum atomic E-state index is 12.5. The molecule has 3 heterocycles. The molecule has 154 valence electrons. The number of amides is 2. The van der Waals surface area contributed by atoms with Gasteiger partial charge in [-0.3, -0.25) is 9.59 Å². The normalized spacial score (nSPS) is 18.8. The molecule has 0 unspecified atom stereocenters. The van der Waals surface area contributed by atoms with Crippen LogP contribution in [-0.4, -0.2) is 40.4 Å². The second-order valence-electron chi connectivity index (χ2n) is 8.03. The molecule has 1 aliphatic carbocycles. The van der Waals surface area contributed by atoms with E-state index in [0.29, 0.717) is 30.5 Å². The SMILES string of the molecule is Cc1ccc(C(=O)NC2CC2)cc1-c1cc2cnc(N[C@@H]3CCC(=O)NC3)nc2s1. The molecule has 2 aliphatic rings. The minimum absolute atomic E-state index is 0.00860. The number of rotatable bonds is 5. The first kappa shape index (κ1) is 19.0. The van der Waals surface area contributed by atoms with Crippen molar-refractivity contribution >= 4 is 39.3 Å². The first-order valence-corrected chi connectivity index (χ1v) is 11.1. The molecule has 2 aromatic heterocycles. The summed E-state index contributed by atoms with van der Waals surface area (Å²) in [5.41, 5.74) is 2.85. The van der Waals surface area contributed by atoms with Crippen molar-refractivity contribution in [3.8, 4) is 10.4 Å². The molecule has 1 saturated heterocycles. The number of anilines is 1. The number of carbonyl (C=O) groups excluding carboxylic acids is 2. The molecule has 3 aromatic rings. The van der Waals surface area contributed by atoms with Gasteiger partial charge in [-0.15, -0.1) is 11.3 Å². The van der Waals surface area contributed by atoms with Crippen LogP contribution >= 0.6 is 11.3 Å². The van der Waals surface area contributed by atoms with Crippen molar-refractivity contribution in [1.29, 1.82) is 0 Å². The monoisotopic (exact) mass is 421 g/mol. The second-order valence-corrected chi connectivity index (χ2v) is 9.06. The first-order valence-electron chi connectivity index (χ1n) is 10.3. The zero-order valence-electron chi connectivity index (χ0n) is 16.7. The third-order valence-electron chi connectivity index (χ3n) is 5.55. The van der Waals surface area contributed by atoms with Gasteiger partial charge in [-0.05, 0) is 55.5 Å². The van der Waals surface area contributed by atoms with Crippen molar-refractivity contribution in [3.63, 3.8) is 0 Å². The topological polar surface area (TPSA) is 96.0 Å². The maximum absolute atomic E-state index is 12.5. The second kappa shape index (κ2) is 7.68. The number of hydrogen-bond acceptors (Lipinski definition) is 6. The van der Waals surface area contributed by atoms with Gasteiger partial charge in [-0.25, -0.2) is 9.97 Å². The van der Waals surface area contributed by atoms with E-state index < -0.39 is 0 Å². The lowest BCUT2D eigenvalue weighted by Gasteiger charge is -2.23. The van der Waals surface area contributed by atoms with E-state index in [1.165, 1.54) is 0 Å². The Balaban J connectivity index is 1.39. The van der Waals surface area contributed by atoms with Gasteiger partial charge in [0.2, 0.25) is 11.9 Å². The smallest absolute Gasteiger partial charge is 0.251 e. The Morgan fingerprint density at radius 2 is 2.07 bits per heavy atom. The Morgan fingerprint density at radius 1 is 1.20 bits per heavy atom. The van der Waals surface area contributed by atoms with E-state index in [1.807, 2.05) is 24.4 Å². The molecule has 8 heteroatoms. The predicted octanol–water partition coefficient (Wildman–Crippen LogP) is 3.25. The quantitative estimate of drug-likeness (QED) is 0.588. The summed E-state index contributed by atoms with van der Waals surface area (Å²) in [7, 11) is 0. The zero-order valence-corrected chi connectivity index (χ0v) is 17.5. The zero-order chi connectivity index (χ0) is 20.7. The molecule has 7 nitrogen and oxygen atoms in total. The molecule has 1 aliphatic heterocycles. The minimum atomic E-state index is -0.00860. The van der Waals surface area contributed by atoms with Crippen molar-refractivity contribution in [3.05, 3.63) is 41.6 Å². The fraction of sp³-hybridized carbons (Fsp3) is 0.364. The van der Waals surface area contributed by atoms with E-state index in [0.717, 1.165) is 45.5 Å². The highest BCUT2D eigenvalue weighted by molar-refractivity contribution is 7.21. The van der Waals surface area contributed by atoms with Crippen molar-refractivity contribution < 1.29 is 9.59 Å². The van der Waals surface area contributed by atoms with Crippen LogP contribution in [0.3, 0.4) is 0 Å². The number of fused-ring (bicyclic) bond motifs is 1. The van der Waals surface area contributed by atoms with Crippen LogP contribution in [0.2, 0.25) is 0 Å². The molecule has 2 amide bonds. The molecule has 0 bridgehead atoms. The largest absolute Gasteiger partial charge is 0.354 e. The van der Waals surface area contributed by atoms with Crippen LogP contribution in [0.5, 0.6) is 0 Å².